The summed E-state index contributed by atoms with van der Waals surface area (Å²) in [6.45, 7) is 11.9. The molecule has 3 aromatic rings. The number of rotatable bonds is 13. The molecule has 3 saturated carbocycles. The highest BCUT2D eigenvalue weighted by Crippen LogP contribution is 2.60. The van der Waals surface area contributed by atoms with E-state index in [9.17, 15) is 14.7 Å². The van der Waals surface area contributed by atoms with E-state index >= 15 is 0 Å². The molecule has 2 aromatic carbocycles. The van der Waals surface area contributed by atoms with Crippen LogP contribution in [0.5, 0.6) is 5.75 Å². The minimum Gasteiger partial charge on any atom is -0.496 e. The molecular weight excluding hydrogens is 656 g/mol. The van der Waals surface area contributed by atoms with Crippen molar-refractivity contribution in [2.45, 2.75) is 71.0 Å². The Hall–Kier alpha value is -4.29. The zero-order valence-corrected chi connectivity index (χ0v) is 31.5. The normalized spacial score (nSPS) is 25.6. The Labute approximate surface area is 307 Å². The predicted molar refractivity (Wildman–Crippen MR) is 203 cm³/mol. The first-order valence-electron chi connectivity index (χ1n) is 18.3. The number of hydroxylamine groups is 2. The number of hydrogen-bond acceptors (Lipinski definition) is 9. The molecule has 0 spiro atoms. The summed E-state index contributed by atoms with van der Waals surface area (Å²) >= 11 is 0. The SMILES string of the molecule is C=C1[C@@H](NC(=O)[C@@H]2[C@H]([C@H](C)O)[C@H](CNCc3ccccn3)ON2Cc2cccc(-c3cc(C(=O)NC)cc(N(C)C)c3)c2OC)C[C@H]2C[C@@H]1C2(C)C. The van der Waals surface area contributed by atoms with Crippen LogP contribution in [0.4, 0.5) is 5.69 Å². The summed E-state index contributed by atoms with van der Waals surface area (Å²) in [6.07, 6.45) is 2.40. The van der Waals surface area contributed by atoms with Gasteiger partial charge in [-0.1, -0.05) is 50.3 Å². The van der Waals surface area contributed by atoms with Crippen LogP contribution in [0.3, 0.4) is 0 Å². The highest BCUT2D eigenvalue weighted by Gasteiger charge is 2.56. The fraction of sp³-hybridized carbons (Fsp3) is 0.488. The van der Waals surface area contributed by atoms with Crippen LogP contribution in [0.1, 0.15) is 55.2 Å². The van der Waals surface area contributed by atoms with Gasteiger partial charge in [0.05, 0.1) is 37.6 Å². The third-order valence-corrected chi connectivity index (χ3v) is 11.6. The average Bonchev–Trinajstić information content (AvgIpc) is 3.49. The first kappa shape index (κ1) is 37.5. The van der Waals surface area contributed by atoms with Gasteiger partial charge < -0.3 is 30.7 Å². The quantitative estimate of drug-likeness (QED) is 0.189. The number of benzene rings is 2. The Morgan fingerprint density at radius 3 is 2.58 bits per heavy atom. The third-order valence-electron chi connectivity index (χ3n) is 11.6. The van der Waals surface area contributed by atoms with Crippen molar-refractivity contribution >= 4 is 17.5 Å². The van der Waals surface area contributed by atoms with Crippen LogP contribution in [0, 0.1) is 23.2 Å². The molecule has 0 unspecified atom stereocenters. The second-order valence-corrected chi connectivity index (χ2v) is 15.4. The number of carbonyl (C=O) groups excluding carboxylic acids is 2. The minimum absolute atomic E-state index is 0.126. The largest absolute Gasteiger partial charge is 0.496 e. The number of aliphatic hydroxyl groups is 1. The summed E-state index contributed by atoms with van der Waals surface area (Å²) in [6, 6.07) is 16.4. The third kappa shape index (κ3) is 7.32. The molecule has 7 atom stereocenters. The van der Waals surface area contributed by atoms with E-state index in [-0.39, 0.29) is 29.8 Å². The number of anilines is 1. The highest BCUT2D eigenvalue weighted by atomic mass is 16.7. The van der Waals surface area contributed by atoms with Gasteiger partial charge in [0.15, 0.2) is 0 Å². The molecule has 0 radical (unpaired) electrons. The van der Waals surface area contributed by atoms with Crippen LogP contribution in [-0.2, 0) is 22.7 Å². The molecule has 1 aliphatic heterocycles. The Bertz CT molecular complexity index is 1780. The lowest BCUT2D eigenvalue weighted by Crippen LogP contribution is -2.59. The molecule has 278 valence electrons. The van der Waals surface area contributed by atoms with Crippen molar-refractivity contribution in [2.24, 2.45) is 23.2 Å². The number of hydrogen-bond donors (Lipinski definition) is 4. The number of methoxy groups -OCH3 is 1. The summed E-state index contributed by atoms with van der Waals surface area (Å²) in [5, 5.41) is 22.5. The van der Waals surface area contributed by atoms with Crippen molar-refractivity contribution in [2.75, 3.05) is 39.7 Å². The first-order chi connectivity index (χ1) is 24.8. The lowest BCUT2D eigenvalue weighted by Gasteiger charge is -2.60. The van der Waals surface area contributed by atoms with Crippen molar-refractivity contribution in [3.63, 3.8) is 0 Å². The number of nitrogens with zero attached hydrogens (tertiary/aromatic N) is 3. The van der Waals surface area contributed by atoms with Crippen LogP contribution in [-0.4, -0.2) is 86.1 Å². The zero-order chi connectivity index (χ0) is 37.3. The number of aromatic nitrogens is 1. The van der Waals surface area contributed by atoms with Crippen molar-refractivity contribution in [1.29, 1.82) is 0 Å². The number of para-hydroxylation sites is 1. The fourth-order valence-electron chi connectivity index (χ4n) is 8.52. The van der Waals surface area contributed by atoms with Gasteiger partial charge in [0.1, 0.15) is 11.8 Å². The van der Waals surface area contributed by atoms with Gasteiger partial charge in [0.2, 0.25) is 5.91 Å². The average molecular weight is 711 g/mol. The summed E-state index contributed by atoms with van der Waals surface area (Å²) in [5.74, 6) is 0.616. The van der Waals surface area contributed by atoms with Gasteiger partial charge in [-0.05, 0) is 72.9 Å². The maximum Gasteiger partial charge on any atom is 0.251 e. The lowest BCUT2D eigenvalue weighted by molar-refractivity contribution is -0.175. The first-order valence-corrected chi connectivity index (χ1v) is 18.3. The molecule has 4 aliphatic rings. The molecule has 52 heavy (non-hydrogen) atoms. The lowest BCUT2D eigenvalue weighted by atomic mass is 9.46. The smallest absolute Gasteiger partial charge is 0.251 e. The standard InChI is InChI=1S/C41H54N6O5/c1-24-33-19-29(41(33,3)4)20-34(24)45-40(50)37-36(25(2)48)35(22-43-21-30-13-9-10-15-44-30)52-47(37)23-26-12-11-14-32(38(26)51-8)27-16-28(39(49)42-5)18-31(17-27)46(6)7/h9-18,25,29,33-37,43,48H,1,19-23H2,2-8H3,(H,42,49)(H,45,50)/t25-,29+,33-,34-,35-,36+,37-/m0/s1. The number of fused-ring (bicyclic) bond motifs is 2. The van der Waals surface area contributed by atoms with Crippen LogP contribution >= 0.6 is 0 Å². The molecule has 11 heteroatoms. The van der Waals surface area contributed by atoms with Crippen molar-refractivity contribution in [1.82, 2.24) is 26.0 Å². The minimum atomic E-state index is -0.838. The van der Waals surface area contributed by atoms with E-state index in [1.165, 1.54) is 0 Å². The molecular formula is C41H54N6O5. The van der Waals surface area contributed by atoms with Crippen molar-refractivity contribution in [3.8, 4) is 16.9 Å². The Balaban J connectivity index is 1.32. The second kappa shape index (κ2) is 15.4. The molecule has 4 N–H and O–H groups in total. The van der Waals surface area contributed by atoms with E-state index < -0.39 is 24.2 Å². The predicted octanol–water partition coefficient (Wildman–Crippen LogP) is 4.56. The summed E-state index contributed by atoms with van der Waals surface area (Å²) in [4.78, 5) is 40.3. The van der Waals surface area contributed by atoms with E-state index in [1.54, 1.807) is 32.3 Å². The van der Waals surface area contributed by atoms with Crippen LogP contribution in [0.25, 0.3) is 11.1 Å². The molecule has 1 aromatic heterocycles. The Kier molecular flexibility index (Phi) is 11.1. The molecule has 1 saturated heterocycles. The number of pyridine rings is 1. The van der Waals surface area contributed by atoms with Gasteiger partial charge in [0.25, 0.3) is 5.91 Å². The van der Waals surface area contributed by atoms with Crippen LogP contribution in [0.15, 0.2) is 72.9 Å². The van der Waals surface area contributed by atoms with Gasteiger partial charge in [0, 0.05) is 68.7 Å². The summed E-state index contributed by atoms with van der Waals surface area (Å²) < 4.78 is 6.07. The van der Waals surface area contributed by atoms with Gasteiger partial charge in [-0.15, -0.1) is 0 Å². The molecule has 2 heterocycles. The molecule has 11 nitrogen and oxygen atoms in total. The topological polar surface area (TPSA) is 128 Å². The number of aliphatic hydroxyl groups excluding tert-OH is 1. The van der Waals surface area contributed by atoms with Crippen LogP contribution < -0.4 is 25.6 Å². The van der Waals surface area contributed by atoms with E-state index in [2.05, 4.69) is 41.4 Å². The van der Waals surface area contributed by atoms with Gasteiger partial charge in [-0.3, -0.25) is 19.4 Å². The van der Waals surface area contributed by atoms with Gasteiger partial charge in [-0.25, -0.2) is 0 Å². The zero-order valence-electron chi connectivity index (χ0n) is 31.5. The molecule has 4 fully saturated rings. The highest BCUT2D eigenvalue weighted by molar-refractivity contribution is 5.97. The molecule has 3 aliphatic carbocycles. The number of amides is 2. The van der Waals surface area contributed by atoms with Gasteiger partial charge in [-0.2, -0.15) is 5.06 Å². The number of ether oxygens (including phenoxy) is 1. The molecule has 2 bridgehead atoms. The summed E-state index contributed by atoms with van der Waals surface area (Å²) in [7, 11) is 7.10. The molecule has 7 rings (SSSR count). The fourth-order valence-corrected chi connectivity index (χ4v) is 8.52. The maximum absolute atomic E-state index is 14.5. The van der Waals surface area contributed by atoms with Crippen molar-refractivity contribution < 1.29 is 24.3 Å². The van der Waals surface area contributed by atoms with E-state index in [4.69, 9.17) is 9.57 Å². The van der Waals surface area contributed by atoms with E-state index in [0.717, 1.165) is 46.5 Å². The monoisotopic (exact) mass is 710 g/mol. The second-order valence-electron chi connectivity index (χ2n) is 15.4. The van der Waals surface area contributed by atoms with Gasteiger partial charge >= 0.3 is 0 Å². The van der Waals surface area contributed by atoms with E-state index in [0.29, 0.717) is 36.2 Å². The van der Waals surface area contributed by atoms with E-state index in [1.807, 2.05) is 73.6 Å². The maximum atomic E-state index is 14.5. The van der Waals surface area contributed by atoms with Crippen LogP contribution in [0.2, 0.25) is 0 Å². The van der Waals surface area contributed by atoms with Crippen molar-refractivity contribution in [3.05, 3.63) is 89.8 Å². The number of carbonyl (C=O) groups is 2. The summed E-state index contributed by atoms with van der Waals surface area (Å²) in [5.41, 5.74) is 5.98. The number of nitrogens with one attached hydrogen (secondary N) is 3. The molecule has 2 amide bonds. The Morgan fingerprint density at radius 1 is 1.15 bits per heavy atom. The Morgan fingerprint density at radius 2 is 1.94 bits per heavy atom.